The molecule has 1 fully saturated rings. The summed E-state index contributed by atoms with van der Waals surface area (Å²) in [6.07, 6.45) is 0.888. The van der Waals surface area contributed by atoms with E-state index in [0.29, 0.717) is 24.8 Å². The molecule has 1 aromatic rings. The van der Waals surface area contributed by atoms with Crippen LogP contribution in [0.1, 0.15) is 31.9 Å². The van der Waals surface area contributed by atoms with Crippen molar-refractivity contribution in [3.8, 4) is 0 Å². The molecule has 1 saturated heterocycles. The number of amides is 1. The largest absolute Gasteiger partial charge is 0.379 e. The van der Waals surface area contributed by atoms with Crippen LogP contribution in [0.2, 0.25) is 5.02 Å². The fraction of sp³-hybridized carbons (Fsp3) is 0.611. The summed E-state index contributed by atoms with van der Waals surface area (Å²) in [6.45, 7) is 7.70. The number of nitrogens with zero attached hydrogens (tertiary/aromatic N) is 1. The predicted octanol–water partition coefficient (Wildman–Crippen LogP) is 2.20. The van der Waals surface area contributed by atoms with Crippen LogP contribution in [0.25, 0.3) is 0 Å². The monoisotopic (exact) mass is 353 g/mol. The Morgan fingerprint density at radius 2 is 1.96 bits per heavy atom. The van der Waals surface area contributed by atoms with Gasteiger partial charge < -0.3 is 15.8 Å². The molecule has 0 aliphatic carbocycles. The van der Waals surface area contributed by atoms with Gasteiger partial charge in [-0.3, -0.25) is 9.69 Å². The number of rotatable bonds is 7. The van der Waals surface area contributed by atoms with Crippen LogP contribution >= 0.6 is 11.6 Å². The van der Waals surface area contributed by atoms with E-state index in [1.54, 1.807) is 0 Å². The maximum Gasteiger partial charge on any atom is 0.237 e. The van der Waals surface area contributed by atoms with Crippen LogP contribution in [0.5, 0.6) is 0 Å². The van der Waals surface area contributed by atoms with Gasteiger partial charge in [0.1, 0.15) is 0 Å². The second kappa shape index (κ2) is 9.37. The van der Waals surface area contributed by atoms with Gasteiger partial charge in [-0.1, -0.05) is 44.0 Å². The third-order valence-corrected chi connectivity index (χ3v) is 5.02. The van der Waals surface area contributed by atoms with Gasteiger partial charge in [-0.05, 0) is 23.6 Å². The summed E-state index contributed by atoms with van der Waals surface area (Å²) in [4.78, 5) is 14.7. The first-order chi connectivity index (χ1) is 11.5. The van der Waals surface area contributed by atoms with Crippen molar-refractivity contribution in [2.45, 2.75) is 32.4 Å². The summed E-state index contributed by atoms with van der Waals surface area (Å²) in [5, 5.41) is 3.74. The highest BCUT2D eigenvalue weighted by molar-refractivity contribution is 6.30. The highest BCUT2D eigenvalue weighted by Crippen LogP contribution is 2.23. The van der Waals surface area contributed by atoms with E-state index < -0.39 is 6.04 Å². The van der Waals surface area contributed by atoms with E-state index in [1.165, 1.54) is 0 Å². The molecule has 1 aliphatic rings. The Hall–Kier alpha value is -1.14. The standard InChI is InChI=1S/C18H28ClN3O2/c1-3-13(2)17(20)18(23)21-12-16(22-8-10-24-11-9-22)14-4-6-15(19)7-5-14/h4-7,13,16-17H,3,8-12,20H2,1-2H3,(H,21,23). The second-order valence-corrected chi connectivity index (χ2v) is 6.81. The number of hydrogen-bond donors (Lipinski definition) is 2. The van der Waals surface area contributed by atoms with Crippen molar-refractivity contribution in [3.05, 3.63) is 34.9 Å². The van der Waals surface area contributed by atoms with E-state index in [4.69, 9.17) is 22.1 Å². The van der Waals surface area contributed by atoms with Crippen molar-refractivity contribution in [1.29, 1.82) is 0 Å². The molecule has 6 heteroatoms. The number of halogens is 1. The SMILES string of the molecule is CCC(C)C(N)C(=O)NCC(c1ccc(Cl)cc1)N1CCOCC1. The van der Waals surface area contributed by atoms with Gasteiger partial charge in [0.25, 0.3) is 0 Å². The molecule has 24 heavy (non-hydrogen) atoms. The van der Waals surface area contributed by atoms with Crippen molar-refractivity contribution < 1.29 is 9.53 Å². The normalized spacial score (nSPS) is 19.5. The lowest BCUT2D eigenvalue weighted by atomic mass is 9.99. The van der Waals surface area contributed by atoms with E-state index in [2.05, 4.69) is 10.2 Å². The zero-order valence-corrected chi connectivity index (χ0v) is 15.3. The Labute approximate surface area is 149 Å². The molecule has 1 heterocycles. The van der Waals surface area contributed by atoms with Crippen molar-refractivity contribution in [2.24, 2.45) is 11.7 Å². The number of carbonyl (C=O) groups is 1. The maximum atomic E-state index is 12.3. The Morgan fingerprint density at radius 1 is 1.33 bits per heavy atom. The fourth-order valence-electron chi connectivity index (χ4n) is 2.86. The van der Waals surface area contributed by atoms with Crippen molar-refractivity contribution in [3.63, 3.8) is 0 Å². The number of morpholine rings is 1. The first kappa shape index (κ1) is 19.2. The number of hydrogen-bond acceptors (Lipinski definition) is 4. The van der Waals surface area contributed by atoms with Crippen LogP contribution in [0, 0.1) is 5.92 Å². The molecule has 2 rings (SSSR count). The van der Waals surface area contributed by atoms with Crippen LogP contribution < -0.4 is 11.1 Å². The minimum Gasteiger partial charge on any atom is -0.379 e. The van der Waals surface area contributed by atoms with Crippen molar-refractivity contribution in [1.82, 2.24) is 10.2 Å². The number of nitrogens with two attached hydrogens (primary N) is 1. The molecule has 0 saturated carbocycles. The fourth-order valence-corrected chi connectivity index (χ4v) is 2.99. The summed E-state index contributed by atoms with van der Waals surface area (Å²) in [5.74, 6) is 0.0824. The lowest BCUT2D eigenvalue weighted by molar-refractivity contribution is -0.123. The van der Waals surface area contributed by atoms with Gasteiger partial charge in [0, 0.05) is 24.7 Å². The van der Waals surface area contributed by atoms with Gasteiger partial charge in [0.05, 0.1) is 25.3 Å². The highest BCUT2D eigenvalue weighted by Gasteiger charge is 2.25. The lowest BCUT2D eigenvalue weighted by Crippen LogP contribution is -2.48. The zero-order chi connectivity index (χ0) is 17.5. The summed E-state index contributed by atoms with van der Waals surface area (Å²) in [6, 6.07) is 7.44. The van der Waals surface area contributed by atoms with Gasteiger partial charge >= 0.3 is 0 Å². The Bertz CT molecular complexity index is 518. The molecule has 3 N–H and O–H groups in total. The first-order valence-corrected chi connectivity index (χ1v) is 9.01. The Balaban J connectivity index is 2.05. The molecule has 5 nitrogen and oxygen atoms in total. The van der Waals surface area contributed by atoms with Gasteiger partial charge in [-0.15, -0.1) is 0 Å². The summed E-state index contributed by atoms with van der Waals surface area (Å²) < 4.78 is 5.44. The topological polar surface area (TPSA) is 67.6 Å². The molecule has 134 valence electrons. The molecular weight excluding hydrogens is 326 g/mol. The van der Waals surface area contributed by atoms with Crippen LogP contribution in [0.4, 0.5) is 0 Å². The van der Waals surface area contributed by atoms with E-state index in [1.807, 2.05) is 38.1 Å². The summed E-state index contributed by atoms with van der Waals surface area (Å²) in [5.41, 5.74) is 7.17. The Morgan fingerprint density at radius 3 is 2.54 bits per heavy atom. The van der Waals surface area contributed by atoms with Crippen LogP contribution in [-0.2, 0) is 9.53 Å². The number of ether oxygens (including phenoxy) is 1. The van der Waals surface area contributed by atoms with Crippen LogP contribution in [-0.4, -0.2) is 49.7 Å². The molecule has 0 radical (unpaired) electrons. The quantitative estimate of drug-likeness (QED) is 0.788. The minimum atomic E-state index is -0.467. The molecular formula is C18H28ClN3O2. The van der Waals surface area contributed by atoms with E-state index in [0.717, 1.165) is 25.1 Å². The van der Waals surface area contributed by atoms with Crippen molar-refractivity contribution in [2.75, 3.05) is 32.8 Å². The molecule has 3 unspecified atom stereocenters. The smallest absolute Gasteiger partial charge is 0.237 e. The average molecular weight is 354 g/mol. The van der Waals surface area contributed by atoms with Gasteiger partial charge in [0.2, 0.25) is 5.91 Å². The number of nitrogens with one attached hydrogen (secondary N) is 1. The van der Waals surface area contributed by atoms with Gasteiger partial charge in [-0.25, -0.2) is 0 Å². The first-order valence-electron chi connectivity index (χ1n) is 8.63. The lowest BCUT2D eigenvalue weighted by Gasteiger charge is -2.35. The minimum absolute atomic E-state index is 0.0865. The average Bonchev–Trinajstić information content (AvgIpc) is 2.62. The summed E-state index contributed by atoms with van der Waals surface area (Å²) >= 11 is 6.00. The number of benzene rings is 1. The van der Waals surface area contributed by atoms with Crippen LogP contribution in [0.15, 0.2) is 24.3 Å². The molecule has 0 bridgehead atoms. The zero-order valence-electron chi connectivity index (χ0n) is 14.5. The van der Waals surface area contributed by atoms with E-state index in [-0.39, 0.29) is 17.9 Å². The highest BCUT2D eigenvalue weighted by atomic mass is 35.5. The molecule has 3 atom stereocenters. The van der Waals surface area contributed by atoms with E-state index in [9.17, 15) is 4.79 Å². The molecule has 1 aromatic carbocycles. The third kappa shape index (κ3) is 5.18. The second-order valence-electron chi connectivity index (χ2n) is 6.37. The van der Waals surface area contributed by atoms with Gasteiger partial charge in [0.15, 0.2) is 0 Å². The summed E-state index contributed by atoms with van der Waals surface area (Å²) in [7, 11) is 0. The maximum absolute atomic E-state index is 12.3. The Kier molecular flexibility index (Phi) is 7.49. The molecule has 1 amide bonds. The predicted molar refractivity (Wildman–Crippen MR) is 97.0 cm³/mol. The van der Waals surface area contributed by atoms with Gasteiger partial charge in [-0.2, -0.15) is 0 Å². The number of carbonyl (C=O) groups excluding carboxylic acids is 1. The third-order valence-electron chi connectivity index (χ3n) is 4.77. The van der Waals surface area contributed by atoms with Crippen LogP contribution in [0.3, 0.4) is 0 Å². The van der Waals surface area contributed by atoms with Crippen molar-refractivity contribution >= 4 is 17.5 Å². The van der Waals surface area contributed by atoms with E-state index >= 15 is 0 Å². The molecule has 1 aliphatic heterocycles. The molecule has 0 aromatic heterocycles. The molecule has 0 spiro atoms.